The van der Waals surface area contributed by atoms with Crippen LogP contribution in [-0.4, -0.2) is 30.0 Å². The summed E-state index contributed by atoms with van der Waals surface area (Å²) in [6, 6.07) is 11.2. The van der Waals surface area contributed by atoms with Gasteiger partial charge in [-0.2, -0.15) is 0 Å². The maximum atomic E-state index is 12.7. The van der Waals surface area contributed by atoms with Crippen molar-refractivity contribution >= 4 is 28.1 Å². The van der Waals surface area contributed by atoms with Gasteiger partial charge < -0.3 is 9.47 Å². The lowest BCUT2D eigenvalue weighted by Crippen LogP contribution is -2.14. The Labute approximate surface area is 158 Å². The SMILES string of the molecule is COc1cccc(OC)c1C(=O)Nc1nc(-c2cccc([N+](=O)[O-])c2)cs1. The second-order valence-corrected chi connectivity index (χ2v) is 6.20. The molecule has 8 nitrogen and oxygen atoms in total. The van der Waals surface area contributed by atoms with Gasteiger partial charge in [-0.05, 0) is 12.1 Å². The zero-order valence-corrected chi connectivity index (χ0v) is 15.3. The summed E-state index contributed by atoms with van der Waals surface area (Å²) in [5.74, 6) is 0.328. The minimum absolute atomic E-state index is 0.0233. The average Bonchev–Trinajstić information content (AvgIpc) is 3.15. The molecule has 0 unspecified atom stereocenters. The molecule has 2 aromatic carbocycles. The number of nitrogens with zero attached hydrogens (tertiary/aromatic N) is 2. The fraction of sp³-hybridized carbons (Fsp3) is 0.111. The van der Waals surface area contributed by atoms with Gasteiger partial charge >= 0.3 is 0 Å². The molecule has 0 bridgehead atoms. The smallest absolute Gasteiger partial charge is 0.270 e. The van der Waals surface area contributed by atoms with E-state index in [1.165, 1.54) is 37.7 Å². The number of rotatable bonds is 6. The molecular formula is C18H15N3O5S. The van der Waals surface area contributed by atoms with Gasteiger partial charge in [0.15, 0.2) is 5.13 Å². The van der Waals surface area contributed by atoms with E-state index < -0.39 is 10.8 Å². The summed E-state index contributed by atoms with van der Waals surface area (Å²) in [7, 11) is 2.94. The lowest BCUT2D eigenvalue weighted by atomic mass is 10.1. The number of methoxy groups -OCH3 is 2. The number of carbonyl (C=O) groups excluding carboxylic acids is 1. The molecule has 0 aliphatic rings. The molecule has 0 aliphatic heterocycles. The molecule has 1 amide bonds. The van der Waals surface area contributed by atoms with E-state index >= 15 is 0 Å². The molecule has 0 saturated heterocycles. The van der Waals surface area contributed by atoms with Crippen molar-refractivity contribution in [1.29, 1.82) is 0 Å². The van der Waals surface area contributed by atoms with E-state index in [4.69, 9.17) is 9.47 Å². The van der Waals surface area contributed by atoms with Crippen molar-refractivity contribution in [2.75, 3.05) is 19.5 Å². The number of non-ortho nitro benzene ring substituents is 1. The molecule has 0 atom stereocenters. The van der Waals surface area contributed by atoms with Crippen molar-refractivity contribution in [2.24, 2.45) is 0 Å². The van der Waals surface area contributed by atoms with Crippen molar-refractivity contribution in [3.05, 3.63) is 63.5 Å². The predicted molar refractivity (Wildman–Crippen MR) is 102 cm³/mol. The first-order chi connectivity index (χ1) is 13.0. The van der Waals surface area contributed by atoms with Crippen molar-refractivity contribution in [3.63, 3.8) is 0 Å². The van der Waals surface area contributed by atoms with Gasteiger partial charge in [-0.3, -0.25) is 20.2 Å². The highest BCUT2D eigenvalue weighted by molar-refractivity contribution is 7.14. The molecule has 1 aromatic heterocycles. The first-order valence-corrected chi connectivity index (χ1v) is 8.64. The normalized spacial score (nSPS) is 10.3. The number of nitro groups is 1. The van der Waals surface area contributed by atoms with E-state index in [9.17, 15) is 14.9 Å². The molecule has 3 rings (SSSR count). The average molecular weight is 385 g/mol. The molecule has 138 valence electrons. The van der Waals surface area contributed by atoms with Crippen molar-refractivity contribution in [1.82, 2.24) is 4.98 Å². The fourth-order valence-corrected chi connectivity index (χ4v) is 3.19. The standard InChI is InChI=1S/C18H15N3O5S/c1-25-14-7-4-8-15(26-2)16(14)17(22)20-18-19-13(10-27-18)11-5-3-6-12(9-11)21(23)24/h3-10H,1-2H3,(H,19,20,22). The topological polar surface area (TPSA) is 104 Å². The van der Waals surface area contributed by atoms with Gasteiger partial charge in [0.2, 0.25) is 0 Å². The van der Waals surface area contributed by atoms with Crippen LogP contribution in [0.25, 0.3) is 11.3 Å². The van der Waals surface area contributed by atoms with E-state index in [-0.39, 0.29) is 11.3 Å². The number of aromatic nitrogens is 1. The van der Waals surface area contributed by atoms with E-state index in [0.717, 1.165) is 0 Å². The summed E-state index contributed by atoms with van der Waals surface area (Å²) in [4.78, 5) is 27.5. The summed E-state index contributed by atoms with van der Waals surface area (Å²) < 4.78 is 10.5. The fourth-order valence-electron chi connectivity index (χ4n) is 2.48. The molecule has 0 radical (unpaired) electrons. The first kappa shape index (κ1) is 18.3. The number of anilines is 1. The van der Waals surface area contributed by atoms with Gasteiger partial charge in [-0.15, -0.1) is 11.3 Å². The van der Waals surface area contributed by atoms with Gasteiger partial charge in [0, 0.05) is 23.1 Å². The second-order valence-electron chi connectivity index (χ2n) is 5.34. The Bertz CT molecular complexity index is 980. The summed E-state index contributed by atoms with van der Waals surface area (Å²) in [5.41, 5.74) is 1.36. The van der Waals surface area contributed by atoms with Gasteiger partial charge in [0.1, 0.15) is 17.1 Å². The summed E-state index contributed by atoms with van der Waals surface area (Å²) in [5, 5.41) is 15.7. The largest absolute Gasteiger partial charge is 0.496 e. The summed E-state index contributed by atoms with van der Waals surface area (Å²) in [6.07, 6.45) is 0. The van der Waals surface area contributed by atoms with Crippen LogP contribution in [0.5, 0.6) is 11.5 Å². The Morgan fingerprint density at radius 3 is 2.44 bits per heavy atom. The highest BCUT2D eigenvalue weighted by Gasteiger charge is 2.19. The molecule has 0 fully saturated rings. The Hall–Kier alpha value is -3.46. The quantitative estimate of drug-likeness (QED) is 0.508. The third-order valence-corrected chi connectivity index (χ3v) is 4.49. The molecule has 0 aliphatic carbocycles. The number of thiazole rings is 1. The molecular weight excluding hydrogens is 370 g/mol. The first-order valence-electron chi connectivity index (χ1n) is 7.76. The number of hydrogen-bond donors (Lipinski definition) is 1. The third kappa shape index (κ3) is 3.87. The van der Waals surface area contributed by atoms with E-state index in [0.29, 0.717) is 27.9 Å². The Morgan fingerprint density at radius 2 is 1.81 bits per heavy atom. The van der Waals surface area contributed by atoms with Crippen LogP contribution >= 0.6 is 11.3 Å². The highest BCUT2D eigenvalue weighted by Crippen LogP contribution is 2.31. The maximum Gasteiger partial charge on any atom is 0.270 e. The van der Waals surface area contributed by atoms with Gasteiger partial charge in [0.05, 0.1) is 24.8 Å². The van der Waals surface area contributed by atoms with Crippen molar-refractivity contribution in [2.45, 2.75) is 0 Å². The minimum Gasteiger partial charge on any atom is -0.496 e. The number of amides is 1. The lowest BCUT2D eigenvalue weighted by molar-refractivity contribution is -0.384. The van der Waals surface area contributed by atoms with Crippen molar-refractivity contribution < 1.29 is 19.2 Å². The Morgan fingerprint density at radius 1 is 1.15 bits per heavy atom. The van der Waals surface area contributed by atoms with Gasteiger partial charge in [0.25, 0.3) is 11.6 Å². The van der Waals surface area contributed by atoms with E-state index in [2.05, 4.69) is 10.3 Å². The molecule has 27 heavy (non-hydrogen) atoms. The zero-order chi connectivity index (χ0) is 19.4. The zero-order valence-electron chi connectivity index (χ0n) is 14.5. The van der Waals surface area contributed by atoms with Crippen LogP contribution in [0.1, 0.15) is 10.4 Å². The van der Waals surface area contributed by atoms with E-state index in [1.807, 2.05) is 0 Å². The molecule has 0 saturated carbocycles. The second kappa shape index (κ2) is 7.83. The predicted octanol–water partition coefficient (Wildman–Crippen LogP) is 3.99. The maximum absolute atomic E-state index is 12.7. The number of hydrogen-bond acceptors (Lipinski definition) is 7. The van der Waals surface area contributed by atoms with Crippen LogP contribution in [0.2, 0.25) is 0 Å². The number of nitrogens with one attached hydrogen (secondary N) is 1. The Balaban J connectivity index is 1.86. The Kier molecular flexibility index (Phi) is 5.32. The molecule has 1 heterocycles. The molecule has 3 aromatic rings. The number of ether oxygens (including phenoxy) is 2. The minimum atomic E-state index is -0.466. The molecule has 9 heteroatoms. The van der Waals surface area contributed by atoms with Crippen LogP contribution in [0.3, 0.4) is 0 Å². The van der Waals surface area contributed by atoms with Crippen LogP contribution in [-0.2, 0) is 0 Å². The highest BCUT2D eigenvalue weighted by atomic mass is 32.1. The van der Waals surface area contributed by atoms with Crippen molar-refractivity contribution in [3.8, 4) is 22.8 Å². The van der Waals surface area contributed by atoms with E-state index in [1.54, 1.807) is 35.7 Å². The summed E-state index contributed by atoms with van der Waals surface area (Å²) >= 11 is 1.21. The molecule has 1 N–H and O–H groups in total. The van der Waals surface area contributed by atoms with Crippen LogP contribution in [0.15, 0.2) is 47.8 Å². The lowest BCUT2D eigenvalue weighted by Gasteiger charge is -2.11. The number of carbonyl (C=O) groups is 1. The van der Waals surface area contributed by atoms with Crippen LogP contribution < -0.4 is 14.8 Å². The third-order valence-electron chi connectivity index (χ3n) is 3.73. The van der Waals surface area contributed by atoms with Gasteiger partial charge in [-0.1, -0.05) is 18.2 Å². The van der Waals surface area contributed by atoms with Crippen LogP contribution in [0, 0.1) is 10.1 Å². The number of nitro benzene ring substituents is 1. The van der Waals surface area contributed by atoms with Crippen LogP contribution in [0.4, 0.5) is 10.8 Å². The molecule has 0 spiro atoms. The number of benzene rings is 2. The summed E-state index contributed by atoms with van der Waals surface area (Å²) in [6.45, 7) is 0. The monoisotopic (exact) mass is 385 g/mol. The van der Waals surface area contributed by atoms with Gasteiger partial charge in [-0.25, -0.2) is 4.98 Å².